The van der Waals surface area contributed by atoms with Crippen LogP contribution in [0.5, 0.6) is 0 Å². The van der Waals surface area contributed by atoms with Gasteiger partial charge in [0, 0.05) is 2.74 Å². The van der Waals surface area contributed by atoms with Crippen molar-refractivity contribution in [2.45, 2.75) is 37.8 Å². The third-order valence-electron chi connectivity index (χ3n) is 1.28. The Labute approximate surface area is 53.4 Å². The summed E-state index contributed by atoms with van der Waals surface area (Å²) >= 11 is 0. The molecule has 0 aromatic carbocycles. The first-order valence-corrected chi connectivity index (χ1v) is 2.74. The van der Waals surface area contributed by atoms with Crippen LogP contribution in [0.4, 0.5) is 0 Å². The highest BCUT2D eigenvalue weighted by Gasteiger charge is 2.19. The number of hydrogen-bond acceptors (Lipinski definition) is 2. The van der Waals surface area contributed by atoms with Gasteiger partial charge in [-0.2, -0.15) is 0 Å². The van der Waals surface area contributed by atoms with Crippen molar-refractivity contribution in [3.8, 4) is 0 Å². The molecule has 0 bridgehead atoms. The molecule has 0 aliphatic heterocycles. The van der Waals surface area contributed by atoms with Gasteiger partial charge in [0.25, 0.3) is 0 Å². The summed E-state index contributed by atoms with van der Waals surface area (Å²) in [4.78, 5) is 0. The molecule has 1 saturated carbocycles. The van der Waals surface area contributed by atoms with Crippen LogP contribution >= 0.6 is 0 Å². The number of aliphatic hydroxyl groups excluding tert-OH is 1. The van der Waals surface area contributed by atoms with E-state index in [4.69, 9.17) is 14.3 Å². The fourth-order valence-electron chi connectivity index (χ4n) is 0.740. The van der Waals surface area contributed by atoms with E-state index >= 15 is 0 Å². The Morgan fingerprint density at radius 1 is 1.50 bits per heavy atom. The highest BCUT2D eigenvalue weighted by molar-refractivity contribution is 4.72. The van der Waals surface area contributed by atoms with Crippen molar-refractivity contribution in [2.75, 3.05) is 0 Å². The highest BCUT2D eigenvalue weighted by atomic mass is 16.3. The Morgan fingerprint density at radius 3 is 2.75 bits per heavy atom. The Balaban J connectivity index is 2.63. The summed E-state index contributed by atoms with van der Waals surface area (Å²) in [5.74, 6) is 0. The lowest BCUT2D eigenvalue weighted by Crippen LogP contribution is -2.28. The topological polar surface area (TPSA) is 40.5 Å². The monoisotopic (exact) mass is 119 g/mol. The number of aliphatic hydroxyl groups is 2. The van der Waals surface area contributed by atoms with Gasteiger partial charge in [-0.3, -0.25) is 0 Å². The van der Waals surface area contributed by atoms with Crippen LogP contribution in [0.15, 0.2) is 0 Å². The minimum Gasteiger partial charge on any atom is -0.390 e. The normalized spacial score (nSPS) is 60.8. The van der Waals surface area contributed by atoms with E-state index in [9.17, 15) is 0 Å². The zero-order chi connectivity index (χ0) is 8.70. The molecule has 48 valence electrons. The van der Waals surface area contributed by atoms with Gasteiger partial charge < -0.3 is 10.2 Å². The van der Waals surface area contributed by atoms with E-state index in [0.29, 0.717) is 0 Å². The van der Waals surface area contributed by atoms with Crippen molar-refractivity contribution in [3.63, 3.8) is 0 Å². The minimum atomic E-state index is -1.84. The van der Waals surface area contributed by atoms with E-state index in [-0.39, 0.29) is 19.3 Å². The zero-order valence-electron chi connectivity index (χ0n) is 7.59. The van der Waals surface area contributed by atoms with Crippen LogP contribution in [0.25, 0.3) is 0 Å². The van der Waals surface area contributed by atoms with Gasteiger partial charge in [-0.25, -0.2) is 0 Å². The molecule has 0 saturated heterocycles. The summed E-state index contributed by atoms with van der Waals surface area (Å²) in [6.07, 6.45) is -4.53. The molecular weight excluding hydrogens is 104 g/mol. The molecular formula is C6H12O2. The van der Waals surface area contributed by atoms with Gasteiger partial charge in [0.1, 0.15) is 0 Å². The number of hydrogen-bond donors (Lipinski definition) is 2. The molecule has 8 heavy (non-hydrogen) atoms. The third kappa shape index (κ3) is 1.20. The van der Waals surface area contributed by atoms with Crippen LogP contribution in [0.1, 0.15) is 29.7 Å². The third-order valence-corrected chi connectivity index (χ3v) is 1.28. The SMILES string of the molecule is [2H]C1([2H])CC[C@@]([2H])(O)[C@H](O)C1. The smallest absolute Gasteiger partial charge is 0.0799 e. The van der Waals surface area contributed by atoms with Crippen LogP contribution in [-0.4, -0.2) is 22.4 Å². The molecule has 0 radical (unpaired) electrons. The molecule has 2 atom stereocenters. The number of rotatable bonds is 0. The van der Waals surface area contributed by atoms with E-state index in [0.717, 1.165) is 0 Å². The first-order chi connectivity index (χ1) is 4.83. The van der Waals surface area contributed by atoms with E-state index < -0.39 is 18.6 Å². The minimum absolute atomic E-state index is 0.00116. The lowest BCUT2D eigenvalue weighted by atomic mass is 9.95. The molecule has 1 aliphatic rings. The van der Waals surface area contributed by atoms with Crippen molar-refractivity contribution in [2.24, 2.45) is 0 Å². The molecule has 1 rings (SSSR count). The predicted octanol–water partition coefficient (Wildman–Crippen LogP) is 0.282. The molecule has 2 nitrogen and oxygen atoms in total. The van der Waals surface area contributed by atoms with Gasteiger partial charge in [-0.05, 0) is 12.8 Å². The maximum absolute atomic E-state index is 9.13. The molecule has 2 N–H and O–H groups in total. The summed E-state index contributed by atoms with van der Waals surface area (Å²) in [6, 6.07) is 0. The van der Waals surface area contributed by atoms with Crippen molar-refractivity contribution in [3.05, 3.63) is 0 Å². The van der Waals surface area contributed by atoms with Crippen molar-refractivity contribution in [1.29, 1.82) is 0 Å². The quantitative estimate of drug-likeness (QED) is 0.481. The summed E-state index contributed by atoms with van der Waals surface area (Å²) < 4.78 is 21.6. The molecule has 0 aromatic heterocycles. The first-order valence-electron chi connectivity index (χ1n) is 4.24. The lowest BCUT2D eigenvalue weighted by Gasteiger charge is -2.22. The van der Waals surface area contributed by atoms with Crippen LogP contribution in [0.2, 0.25) is 0 Å². The van der Waals surface area contributed by atoms with Crippen LogP contribution < -0.4 is 0 Å². The van der Waals surface area contributed by atoms with Gasteiger partial charge in [-0.15, -0.1) is 0 Å². The zero-order valence-corrected chi connectivity index (χ0v) is 4.59. The Bertz CT molecular complexity index is 158. The molecule has 0 unspecified atom stereocenters. The lowest BCUT2D eigenvalue weighted by molar-refractivity contribution is -0.00865. The van der Waals surface area contributed by atoms with Crippen LogP contribution in [-0.2, 0) is 0 Å². The van der Waals surface area contributed by atoms with Crippen LogP contribution in [0.3, 0.4) is 0 Å². The first kappa shape index (κ1) is 3.18. The largest absolute Gasteiger partial charge is 0.390 e. The van der Waals surface area contributed by atoms with Gasteiger partial charge in [-0.1, -0.05) is 12.8 Å². The molecule has 0 amide bonds. The molecule has 2 heteroatoms. The Hall–Kier alpha value is -0.0800. The van der Waals surface area contributed by atoms with Gasteiger partial charge in [0.05, 0.1) is 13.6 Å². The second-order valence-electron chi connectivity index (χ2n) is 1.96. The molecule has 1 fully saturated rings. The average molecular weight is 119 g/mol. The van der Waals surface area contributed by atoms with E-state index in [1.807, 2.05) is 0 Å². The van der Waals surface area contributed by atoms with Crippen molar-refractivity contribution in [1.82, 2.24) is 0 Å². The summed E-state index contributed by atoms with van der Waals surface area (Å²) in [5, 5.41) is 18.2. The average Bonchev–Trinajstić information content (AvgIpc) is 1.81. The maximum atomic E-state index is 9.13. The highest BCUT2D eigenvalue weighted by Crippen LogP contribution is 2.17. The summed E-state index contributed by atoms with van der Waals surface area (Å²) in [5.41, 5.74) is 0. The Morgan fingerprint density at radius 2 is 2.25 bits per heavy atom. The van der Waals surface area contributed by atoms with Crippen molar-refractivity contribution >= 4 is 0 Å². The van der Waals surface area contributed by atoms with Gasteiger partial charge in [0.15, 0.2) is 0 Å². The summed E-state index contributed by atoms with van der Waals surface area (Å²) in [7, 11) is 0. The second-order valence-corrected chi connectivity index (χ2v) is 1.96. The summed E-state index contributed by atoms with van der Waals surface area (Å²) in [6.45, 7) is 0. The predicted molar refractivity (Wildman–Crippen MR) is 30.5 cm³/mol. The molecule has 0 spiro atoms. The fourth-order valence-corrected chi connectivity index (χ4v) is 0.740. The van der Waals surface area contributed by atoms with Gasteiger partial charge >= 0.3 is 0 Å². The molecule has 0 aromatic rings. The Kier molecular flexibility index (Phi) is 0.980. The molecule has 1 aliphatic carbocycles. The van der Waals surface area contributed by atoms with Crippen molar-refractivity contribution < 1.29 is 14.3 Å². The second kappa shape index (κ2) is 2.46. The molecule has 0 heterocycles. The standard InChI is InChI=1S/C6H12O2/c7-5-3-1-2-4-6(5)8/h5-8H,1-4H2/t5-,6-/m1/s1/i1D2,6D. The maximum Gasteiger partial charge on any atom is 0.0799 e. The van der Waals surface area contributed by atoms with E-state index in [1.165, 1.54) is 0 Å². The van der Waals surface area contributed by atoms with Crippen LogP contribution in [0, 0.1) is 0 Å². The fraction of sp³-hybridized carbons (Fsp3) is 1.00. The van der Waals surface area contributed by atoms with E-state index in [2.05, 4.69) is 0 Å². The van der Waals surface area contributed by atoms with E-state index in [1.54, 1.807) is 0 Å². The van der Waals surface area contributed by atoms with Gasteiger partial charge in [0.2, 0.25) is 0 Å².